The monoisotopic (exact) mass is 451 g/mol. The Balaban J connectivity index is 1.65. The molecule has 33 heavy (non-hydrogen) atoms. The molecule has 1 aliphatic carbocycles. The number of para-hydroxylation sites is 1. The van der Waals surface area contributed by atoms with E-state index in [1.54, 1.807) is 24.3 Å². The third-order valence-electron chi connectivity index (χ3n) is 6.34. The molecule has 2 aromatic rings. The molecular formula is C27H33NO5. The Morgan fingerprint density at radius 1 is 0.970 bits per heavy atom. The van der Waals surface area contributed by atoms with E-state index in [2.05, 4.69) is 26.1 Å². The Hall–Kier alpha value is -3.15. The first-order valence-electron chi connectivity index (χ1n) is 11.6. The fourth-order valence-corrected chi connectivity index (χ4v) is 4.40. The van der Waals surface area contributed by atoms with Crippen LogP contribution in [-0.4, -0.2) is 30.6 Å². The number of ether oxygens (including phenoxy) is 2. The zero-order chi connectivity index (χ0) is 24.0. The van der Waals surface area contributed by atoms with Crippen LogP contribution in [0.25, 0.3) is 0 Å². The van der Waals surface area contributed by atoms with Crippen LogP contribution < -0.4 is 5.32 Å². The Morgan fingerprint density at radius 3 is 2.27 bits per heavy atom. The first kappa shape index (κ1) is 24.5. The minimum Gasteiger partial charge on any atom is -0.458 e. The van der Waals surface area contributed by atoms with Crippen LogP contribution >= 0.6 is 0 Å². The lowest BCUT2D eigenvalue weighted by molar-refractivity contribution is -0.119. The van der Waals surface area contributed by atoms with Crippen LogP contribution in [0, 0.1) is 24.7 Å². The molecule has 6 nitrogen and oxygen atoms in total. The molecule has 1 saturated carbocycles. The van der Waals surface area contributed by atoms with Crippen LogP contribution in [0.3, 0.4) is 0 Å². The van der Waals surface area contributed by atoms with Gasteiger partial charge in [-0.1, -0.05) is 57.5 Å². The van der Waals surface area contributed by atoms with Crippen LogP contribution in [0.1, 0.15) is 66.3 Å². The third kappa shape index (κ3) is 6.44. The van der Waals surface area contributed by atoms with Crippen molar-refractivity contribution in [3.8, 4) is 0 Å². The molecule has 0 bridgehead atoms. The zero-order valence-corrected chi connectivity index (χ0v) is 19.8. The van der Waals surface area contributed by atoms with Gasteiger partial charge >= 0.3 is 11.9 Å². The van der Waals surface area contributed by atoms with Crippen molar-refractivity contribution in [3.63, 3.8) is 0 Å². The van der Waals surface area contributed by atoms with Gasteiger partial charge in [0.2, 0.25) is 0 Å². The maximum atomic E-state index is 13.0. The predicted molar refractivity (Wildman–Crippen MR) is 127 cm³/mol. The summed E-state index contributed by atoms with van der Waals surface area (Å²) in [5, 5.41) is 2.72. The summed E-state index contributed by atoms with van der Waals surface area (Å²) in [7, 11) is 0. The van der Waals surface area contributed by atoms with Crippen LogP contribution in [0.5, 0.6) is 0 Å². The van der Waals surface area contributed by atoms with Gasteiger partial charge in [-0.25, -0.2) is 9.59 Å². The Bertz CT molecular complexity index is 1000. The lowest BCUT2D eigenvalue weighted by Crippen LogP contribution is -2.36. The smallest absolute Gasteiger partial charge is 0.339 e. The zero-order valence-electron chi connectivity index (χ0n) is 19.8. The molecule has 0 spiro atoms. The third-order valence-corrected chi connectivity index (χ3v) is 6.34. The largest absolute Gasteiger partial charge is 0.458 e. The molecule has 0 saturated heterocycles. The fourth-order valence-electron chi connectivity index (χ4n) is 4.40. The molecule has 3 atom stereocenters. The van der Waals surface area contributed by atoms with Crippen molar-refractivity contribution in [1.82, 2.24) is 0 Å². The summed E-state index contributed by atoms with van der Waals surface area (Å²) in [4.78, 5) is 38.0. The van der Waals surface area contributed by atoms with Gasteiger partial charge in [0, 0.05) is 5.69 Å². The molecule has 176 valence electrons. The Kier molecular flexibility index (Phi) is 8.26. The van der Waals surface area contributed by atoms with Crippen LogP contribution in [0.2, 0.25) is 0 Å². The summed E-state index contributed by atoms with van der Waals surface area (Å²) in [6, 6.07) is 13.7. The second kappa shape index (κ2) is 11.1. The lowest BCUT2D eigenvalue weighted by atomic mass is 9.75. The highest BCUT2D eigenvalue weighted by atomic mass is 16.5. The molecule has 1 N–H and O–H groups in total. The minimum absolute atomic E-state index is 0.0937. The number of carbonyl (C=O) groups excluding carboxylic acids is 3. The number of hydrogen-bond donors (Lipinski definition) is 1. The maximum absolute atomic E-state index is 13.0. The summed E-state index contributed by atoms with van der Waals surface area (Å²) in [5.41, 5.74) is 1.81. The average Bonchev–Trinajstić information content (AvgIpc) is 2.79. The van der Waals surface area contributed by atoms with Gasteiger partial charge in [-0.15, -0.1) is 0 Å². The van der Waals surface area contributed by atoms with E-state index in [0.717, 1.165) is 24.8 Å². The molecule has 1 amide bonds. The van der Waals surface area contributed by atoms with Crippen molar-refractivity contribution in [2.75, 3.05) is 11.9 Å². The maximum Gasteiger partial charge on any atom is 0.339 e. The van der Waals surface area contributed by atoms with Crippen molar-refractivity contribution in [1.29, 1.82) is 0 Å². The molecule has 0 radical (unpaired) electrons. The van der Waals surface area contributed by atoms with E-state index < -0.39 is 24.5 Å². The Morgan fingerprint density at radius 2 is 1.61 bits per heavy atom. The van der Waals surface area contributed by atoms with Gasteiger partial charge in [-0.3, -0.25) is 4.79 Å². The van der Waals surface area contributed by atoms with Crippen molar-refractivity contribution >= 4 is 23.5 Å². The molecule has 2 aromatic carbocycles. The van der Waals surface area contributed by atoms with Gasteiger partial charge in [0.1, 0.15) is 6.10 Å². The minimum atomic E-state index is -0.736. The van der Waals surface area contributed by atoms with Crippen LogP contribution in [0.15, 0.2) is 48.5 Å². The molecule has 0 unspecified atom stereocenters. The van der Waals surface area contributed by atoms with E-state index in [-0.39, 0.29) is 17.2 Å². The summed E-state index contributed by atoms with van der Waals surface area (Å²) in [6.45, 7) is 7.89. The molecule has 0 aromatic heterocycles. The van der Waals surface area contributed by atoms with Crippen molar-refractivity contribution < 1.29 is 23.9 Å². The average molecular weight is 452 g/mol. The molecule has 0 aliphatic heterocycles. The van der Waals surface area contributed by atoms with Gasteiger partial charge < -0.3 is 14.8 Å². The molecule has 1 aliphatic rings. The first-order valence-corrected chi connectivity index (χ1v) is 11.6. The molecule has 1 fully saturated rings. The predicted octanol–water partition coefficient (Wildman–Crippen LogP) is 5.41. The Labute approximate surface area is 195 Å². The van der Waals surface area contributed by atoms with E-state index in [9.17, 15) is 14.4 Å². The number of esters is 2. The van der Waals surface area contributed by atoms with E-state index in [1.165, 1.54) is 6.07 Å². The van der Waals surface area contributed by atoms with E-state index in [1.807, 2.05) is 25.1 Å². The lowest BCUT2D eigenvalue weighted by Gasteiger charge is -2.36. The molecule has 0 heterocycles. The van der Waals surface area contributed by atoms with Crippen molar-refractivity contribution in [3.05, 3.63) is 65.2 Å². The number of carbonyl (C=O) groups is 3. The van der Waals surface area contributed by atoms with Crippen LogP contribution in [0.4, 0.5) is 5.69 Å². The number of aryl methyl sites for hydroxylation is 1. The van der Waals surface area contributed by atoms with E-state index in [4.69, 9.17) is 9.47 Å². The van der Waals surface area contributed by atoms with Crippen molar-refractivity contribution in [2.24, 2.45) is 17.8 Å². The quantitative estimate of drug-likeness (QED) is 0.570. The SMILES string of the molecule is Cc1ccccc1NC(=O)COC(=O)c1ccccc1C(=O)O[C@@H]1C[C@H](C)CC[C@H]1C(C)C. The summed E-state index contributed by atoms with van der Waals surface area (Å²) in [6.07, 6.45) is 2.80. The van der Waals surface area contributed by atoms with Gasteiger partial charge in [0.25, 0.3) is 5.91 Å². The van der Waals surface area contributed by atoms with Crippen LogP contribution in [-0.2, 0) is 14.3 Å². The molecule has 6 heteroatoms. The van der Waals surface area contributed by atoms with Gasteiger partial charge in [0.05, 0.1) is 11.1 Å². The summed E-state index contributed by atoms with van der Waals surface area (Å²) >= 11 is 0. The molecule has 3 rings (SSSR count). The summed E-state index contributed by atoms with van der Waals surface area (Å²) in [5.74, 6) is -0.522. The fraction of sp³-hybridized carbons (Fsp3) is 0.444. The van der Waals surface area contributed by atoms with Gasteiger partial charge in [0.15, 0.2) is 6.61 Å². The number of rotatable bonds is 7. The van der Waals surface area contributed by atoms with Gasteiger partial charge in [-0.05, 0) is 61.3 Å². The highest BCUT2D eigenvalue weighted by Gasteiger charge is 2.34. The first-order chi connectivity index (χ1) is 15.8. The van der Waals surface area contributed by atoms with Gasteiger partial charge in [-0.2, -0.15) is 0 Å². The topological polar surface area (TPSA) is 81.7 Å². The van der Waals surface area contributed by atoms with E-state index in [0.29, 0.717) is 23.4 Å². The van der Waals surface area contributed by atoms with Crippen molar-refractivity contribution in [2.45, 2.75) is 53.1 Å². The second-order valence-electron chi connectivity index (χ2n) is 9.25. The number of anilines is 1. The van der Waals surface area contributed by atoms with E-state index >= 15 is 0 Å². The standard InChI is InChI=1S/C27H33NO5/c1-17(2)20-14-13-18(3)15-24(20)33-27(31)22-11-7-6-10-21(22)26(30)32-16-25(29)28-23-12-8-5-9-19(23)4/h5-12,17-18,20,24H,13-16H2,1-4H3,(H,28,29)/t18-,20+,24-/m1/s1. The number of benzene rings is 2. The number of nitrogens with one attached hydrogen (secondary N) is 1. The number of hydrogen-bond acceptors (Lipinski definition) is 5. The highest BCUT2D eigenvalue weighted by Crippen LogP contribution is 2.35. The number of amides is 1. The highest BCUT2D eigenvalue weighted by molar-refractivity contribution is 6.04. The molecular weight excluding hydrogens is 418 g/mol. The normalized spacial score (nSPS) is 20.2. The second-order valence-corrected chi connectivity index (χ2v) is 9.25. The summed E-state index contributed by atoms with van der Waals surface area (Å²) < 4.78 is 11.1.